The lowest BCUT2D eigenvalue weighted by atomic mass is 10.1. The number of aromatic nitrogens is 1. The van der Waals surface area contributed by atoms with Crippen molar-refractivity contribution in [2.45, 2.75) is 13.3 Å². The number of aliphatic carboxylic acids is 1. The number of nitrogens with zero attached hydrogens (tertiary/aromatic N) is 3. The Morgan fingerprint density at radius 2 is 1.69 bits per heavy atom. The van der Waals surface area contributed by atoms with E-state index < -0.39 is 5.97 Å². The van der Waals surface area contributed by atoms with Gasteiger partial charge in [-0.2, -0.15) is 0 Å². The first-order valence-electron chi connectivity index (χ1n) is 9.74. The van der Waals surface area contributed by atoms with Gasteiger partial charge in [0.05, 0.1) is 11.4 Å². The van der Waals surface area contributed by atoms with Gasteiger partial charge in [-0.05, 0) is 42.8 Å². The highest BCUT2D eigenvalue weighted by atomic mass is 16.4. The fourth-order valence-corrected chi connectivity index (χ4v) is 3.22. The third-order valence-electron chi connectivity index (χ3n) is 4.88. The van der Waals surface area contributed by atoms with E-state index in [1.165, 1.54) is 11.8 Å². The molecule has 150 valence electrons. The normalized spacial score (nSPS) is 15.0. The Balaban J connectivity index is 1.60. The van der Waals surface area contributed by atoms with Gasteiger partial charge in [-0.25, -0.2) is 9.78 Å². The Morgan fingerprint density at radius 1 is 1.00 bits per heavy atom. The molecule has 1 aliphatic heterocycles. The summed E-state index contributed by atoms with van der Waals surface area (Å²) in [7, 11) is 0. The Morgan fingerprint density at radius 3 is 2.34 bits per heavy atom. The maximum atomic E-state index is 12.5. The average Bonchev–Trinajstić information content (AvgIpc) is 2.76. The summed E-state index contributed by atoms with van der Waals surface area (Å²) in [5, 5.41) is 9.15. The van der Waals surface area contributed by atoms with Crippen LogP contribution in [0.25, 0.3) is 12.2 Å². The van der Waals surface area contributed by atoms with Crippen molar-refractivity contribution in [1.82, 2.24) is 9.88 Å². The smallest absolute Gasteiger partial charge is 0.331 e. The maximum Gasteiger partial charge on any atom is 0.331 e. The Kier molecular flexibility index (Phi) is 6.79. The molecule has 2 aromatic rings. The molecule has 1 aromatic carbocycles. The van der Waals surface area contributed by atoms with Crippen molar-refractivity contribution in [1.29, 1.82) is 0 Å². The van der Waals surface area contributed by atoms with Crippen LogP contribution in [0.4, 0.5) is 5.69 Å². The van der Waals surface area contributed by atoms with Gasteiger partial charge in [0.1, 0.15) is 0 Å². The Bertz CT molecular complexity index is 914. The zero-order chi connectivity index (χ0) is 20.6. The topological polar surface area (TPSA) is 73.7 Å². The van der Waals surface area contributed by atoms with E-state index in [1.807, 2.05) is 23.1 Å². The van der Waals surface area contributed by atoms with Gasteiger partial charge in [-0.15, -0.1) is 0 Å². The number of anilines is 1. The van der Waals surface area contributed by atoms with Gasteiger partial charge in [-0.1, -0.05) is 31.2 Å². The molecule has 1 amide bonds. The fraction of sp³-hybridized carbons (Fsp3) is 0.261. The number of hydrogen-bond donors (Lipinski definition) is 1. The largest absolute Gasteiger partial charge is 0.478 e. The van der Waals surface area contributed by atoms with Gasteiger partial charge in [0.15, 0.2) is 0 Å². The molecule has 1 aliphatic rings. The van der Waals surface area contributed by atoms with Crippen LogP contribution in [-0.2, 0) is 9.59 Å². The van der Waals surface area contributed by atoms with Crippen LogP contribution in [0.3, 0.4) is 0 Å². The number of rotatable bonds is 6. The molecular weight excluding hydrogens is 366 g/mol. The van der Waals surface area contributed by atoms with Gasteiger partial charge < -0.3 is 14.9 Å². The number of amides is 1. The molecule has 0 aliphatic carbocycles. The molecule has 0 saturated carbocycles. The first kappa shape index (κ1) is 20.3. The number of para-hydroxylation sites is 1. The van der Waals surface area contributed by atoms with E-state index in [0.717, 1.165) is 13.1 Å². The monoisotopic (exact) mass is 391 g/mol. The Labute approximate surface area is 170 Å². The van der Waals surface area contributed by atoms with Crippen molar-refractivity contribution in [3.05, 3.63) is 71.6 Å². The Hall–Kier alpha value is -3.41. The van der Waals surface area contributed by atoms with Crippen molar-refractivity contribution in [2.24, 2.45) is 0 Å². The number of carboxylic acids is 1. The van der Waals surface area contributed by atoms with Gasteiger partial charge >= 0.3 is 5.97 Å². The molecule has 0 bridgehead atoms. The highest BCUT2D eigenvalue weighted by molar-refractivity contribution is 5.92. The lowest BCUT2D eigenvalue weighted by Gasteiger charge is -2.35. The first-order chi connectivity index (χ1) is 14.1. The number of carbonyl (C=O) groups excluding carboxylic acids is 1. The van der Waals surface area contributed by atoms with Crippen LogP contribution in [0.2, 0.25) is 0 Å². The van der Waals surface area contributed by atoms with Crippen LogP contribution >= 0.6 is 0 Å². The van der Waals surface area contributed by atoms with E-state index in [4.69, 9.17) is 5.11 Å². The first-order valence-corrected chi connectivity index (χ1v) is 9.74. The molecule has 1 saturated heterocycles. The molecule has 0 unspecified atom stereocenters. The molecule has 29 heavy (non-hydrogen) atoms. The maximum absolute atomic E-state index is 12.5. The second-order valence-corrected chi connectivity index (χ2v) is 6.80. The minimum Gasteiger partial charge on any atom is -0.478 e. The molecule has 0 atom stereocenters. The van der Waals surface area contributed by atoms with Crippen LogP contribution < -0.4 is 4.90 Å². The van der Waals surface area contributed by atoms with Crippen molar-refractivity contribution in [3.63, 3.8) is 0 Å². The average molecular weight is 391 g/mol. The summed E-state index contributed by atoms with van der Waals surface area (Å²) in [6.45, 7) is 4.74. The zero-order valence-electron chi connectivity index (χ0n) is 16.5. The second kappa shape index (κ2) is 9.68. The highest BCUT2D eigenvalue weighted by Gasteiger charge is 2.19. The van der Waals surface area contributed by atoms with Crippen LogP contribution in [0.1, 0.15) is 24.7 Å². The molecule has 1 aromatic heterocycles. The summed E-state index contributed by atoms with van der Waals surface area (Å²) in [6.07, 6.45) is 5.19. The summed E-state index contributed by atoms with van der Waals surface area (Å²) >= 11 is 0. The van der Waals surface area contributed by atoms with Crippen LogP contribution in [0, 0.1) is 0 Å². The predicted molar refractivity (Wildman–Crippen MR) is 114 cm³/mol. The molecule has 0 radical (unpaired) electrons. The zero-order valence-corrected chi connectivity index (χ0v) is 16.5. The molecule has 3 rings (SSSR count). The van der Waals surface area contributed by atoms with E-state index in [2.05, 4.69) is 22.0 Å². The van der Waals surface area contributed by atoms with Gasteiger partial charge in [-0.3, -0.25) is 4.79 Å². The molecular formula is C23H25N3O3. The minimum atomic E-state index is -0.944. The van der Waals surface area contributed by atoms with Crippen molar-refractivity contribution >= 4 is 29.7 Å². The number of pyridine rings is 1. The molecule has 1 fully saturated rings. The second-order valence-electron chi connectivity index (χ2n) is 6.80. The number of piperazine rings is 1. The van der Waals surface area contributed by atoms with Crippen LogP contribution in [0.15, 0.2) is 60.2 Å². The minimum absolute atomic E-state index is 0.0414. The molecule has 6 heteroatoms. The van der Waals surface area contributed by atoms with Crippen molar-refractivity contribution in [3.8, 4) is 0 Å². The van der Waals surface area contributed by atoms with Crippen molar-refractivity contribution in [2.75, 3.05) is 31.1 Å². The van der Waals surface area contributed by atoms with Crippen molar-refractivity contribution < 1.29 is 14.7 Å². The van der Waals surface area contributed by atoms with Crippen LogP contribution in [-0.4, -0.2) is 53.0 Å². The third-order valence-corrected chi connectivity index (χ3v) is 4.88. The SMILES string of the molecule is CCC(=Cc1cccc(C=CC(=O)N2CCN(c3ccccc3)CC2)n1)C(=O)O. The number of carboxylic acid groups (broad SMARTS) is 1. The van der Waals surface area contributed by atoms with Crippen LogP contribution in [0.5, 0.6) is 0 Å². The van der Waals surface area contributed by atoms with E-state index in [1.54, 1.807) is 37.3 Å². The molecule has 6 nitrogen and oxygen atoms in total. The molecule has 0 spiro atoms. The van der Waals surface area contributed by atoms with Gasteiger partial charge in [0.25, 0.3) is 0 Å². The highest BCUT2D eigenvalue weighted by Crippen LogP contribution is 2.16. The van der Waals surface area contributed by atoms with E-state index in [-0.39, 0.29) is 5.91 Å². The van der Waals surface area contributed by atoms with Gasteiger partial charge in [0, 0.05) is 43.5 Å². The fourth-order valence-electron chi connectivity index (χ4n) is 3.22. The summed E-state index contributed by atoms with van der Waals surface area (Å²) in [5.74, 6) is -0.986. The number of carbonyl (C=O) groups is 2. The lowest BCUT2D eigenvalue weighted by Crippen LogP contribution is -2.48. The van der Waals surface area contributed by atoms with E-state index in [9.17, 15) is 9.59 Å². The summed E-state index contributed by atoms with van der Waals surface area (Å²) in [4.78, 5) is 32.2. The van der Waals surface area contributed by atoms with Gasteiger partial charge in [0.2, 0.25) is 5.91 Å². The molecule has 2 heterocycles. The third kappa shape index (κ3) is 5.54. The number of hydrogen-bond acceptors (Lipinski definition) is 4. The number of benzene rings is 1. The predicted octanol–water partition coefficient (Wildman–Crippen LogP) is 3.32. The summed E-state index contributed by atoms with van der Waals surface area (Å²) in [5.41, 5.74) is 2.66. The quantitative estimate of drug-likeness (QED) is 0.765. The summed E-state index contributed by atoms with van der Waals surface area (Å²) in [6, 6.07) is 15.5. The standard InChI is InChI=1S/C23H25N3O3/c1-2-18(23(28)29)17-20-8-6-7-19(24-20)11-12-22(27)26-15-13-25(14-16-26)21-9-4-3-5-10-21/h3-12,17H,2,13-16H2,1H3,(H,28,29). The van der Waals surface area contributed by atoms with E-state index in [0.29, 0.717) is 36.5 Å². The molecule has 1 N–H and O–H groups in total. The lowest BCUT2D eigenvalue weighted by molar-refractivity contribution is -0.132. The van der Waals surface area contributed by atoms with E-state index >= 15 is 0 Å². The summed E-state index contributed by atoms with van der Waals surface area (Å²) < 4.78 is 0.